The Hall–Kier alpha value is -1.39. The molecule has 1 amide bonds. The highest BCUT2D eigenvalue weighted by atomic mass is 16.8. The highest BCUT2D eigenvalue weighted by Crippen LogP contribution is 1.97. The molecule has 56 valence electrons. The number of hydroxylamine groups is 1. The zero-order valence-corrected chi connectivity index (χ0v) is 5.53. The van der Waals surface area contributed by atoms with Crippen molar-refractivity contribution >= 4 is 6.09 Å². The molecule has 1 N–H and O–H groups in total. The van der Waals surface area contributed by atoms with E-state index in [0.29, 0.717) is 6.61 Å². The van der Waals surface area contributed by atoms with E-state index in [9.17, 15) is 4.79 Å². The van der Waals surface area contributed by atoms with Crippen LogP contribution in [0, 0.1) is 0 Å². The zero-order chi connectivity index (χ0) is 7.40. The largest absolute Gasteiger partial charge is 0.463 e. The van der Waals surface area contributed by atoms with Crippen LogP contribution in [0.4, 0.5) is 4.79 Å². The van der Waals surface area contributed by atoms with Gasteiger partial charge in [-0.05, 0) is 12.1 Å². The lowest BCUT2D eigenvalue weighted by molar-refractivity contribution is -0.0916. The highest BCUT2D eigenvalue weighted by Gasteiger charge is 2.16. The molecule has 0 atom stereocenters. The van der Waals surface area contributed by atoms with Crippen molar-refractivity contribution in [2.24, 2.45) is 0 Å². The Morgan fingerprint density at radius 3 is 3.20 bits per heavy atom. The first-order valence-corrected chi connectivity index (χ1v) is 2.89. The quantitative estimate of drug-likeness (QED) is 0.577. The molecule has 0 saturated heterocycles. The molecule has 0 aromatic rings. The first kappa shape index (κ1) is 6.73. The number of carbonyl (C=O) groups is 1. The predicted octanol–water partition coefficient (Wildman–Crippen LogP) is 0.366. The van der Waals surface area contributed by atoms with Crippen molar-refractivity contribution in [3.8, 4) is 0 Å². The third-order valence-electron chi connectivity index (χ3n) is 0.860. The molecule has 0 aliphatic carbocycles. The van der Waals surface area contributed by atoms with Crippen LogP contribution in [0.3, 0.4) is 0 Å². The van der Waals surface area contributed by atoms with E-state index in [4.69, 9.17) is 0 Å². The number of rotatable bonds is 1. The van der Waals surface area contributed by atoms with Gasteiger partial charge in [-0.1, -0.05) is 0 Å². The molecule has 1 aliphatic rings. The number of amides is 1. The third-order valence-corrected chi connectivity index (χ3v) is 0.860. The highest BCUT2D eigenvalue weighted by molar-refractivity contribution is 5.66. The zero-order valence-electron chi connectivity index (χ0n) is 5.53. The van der Waals surface area contributed by atoms with E-state index in [0.717, 1.165) is 5.17 Å². The van der Waals surface area contributed by atoms with E-state index in [1.165, 1.54) is 12.5 Å². The average molecular weight is 144 g/mol. The van der Waals surface area contributed by atoms with Crippen LogP contribution in [-0.4, -0.2) is 17.9 Å². The van der Waals surface area contributed by atoms with Gasteiger partial charge in [0.05, 0.1) is 12.8 Å². The maximum atomic E-state index is 10.7. The van der Waals surface area contributed by atoms with Gasteiger partial charge in [-0.15, -0.1) is 0 Å². The Kier molecular flexibility index (Phi) is 1.99. The van der Waals surface area contributed by atoms with Crippen molar-refractivity contribution in [3.05, 3.63) is 12.5 Å². The van der Waals surface area contributed by atoms with E-state index in [1.807, 2.05) is 0 Å². The van der Waals surface area contributed by atoms with Gasteiger partial charge in [0.2, 0.25) is 0 Å². The topological polar surface area (TPSA) is 50.8 Å². The van der Waals surface area contributed by atoms with Crippen molar-refractivity contribution in [2.45, 2.75) is 6.92 Å². The monoisotopic (exact) mass is 144 g/mol. The van der Waals surface area contributed by atoms with E-state index >= 15 is 0 Å². The Bertz CT molecular complexity index is 149. The second-order valence-corrected chi connectivity index (χ2v) is 1.53. The van der Waals surface area contributed by atoms with Crippen LogP contribution in [-0.2, 0) is 9.57 Å². The summed E-state index contributed by atoms with van der Waals surface area (Å²) in [7, 11) is 0. The maximum absolute atomic E-state index is 10.7. The number of hydrogen-bond acceptors (Lipinski definition) is 4. The number of nitrogens with zero attached hydrogens (tertiary/aromatic N) is 1. The summed E-state index contributed by atoms with van der Waals surface area (Å²) in [6.07, 6.45) is 2.28. The summed E-state index contributed by atoms with van der Waals surface area (Å²) in [6, 6.07) is 0. The van der Waals surface area contributed by atoms with E-state index < -0.39 is 6.09 Å². The van der Waals surface area contributed by atoms with E-state index in [1.54, 1.807) is 6.92 Å². The summed E-state index contributed by atoms with van der Waals surface area (Å²) in [4.78, 5) is 15.4. The Morgan fingerprint density at radius 2 is 2.70 bits per heavy atom. The fraction of sp³-hybridized carbons (Fsp3) is 0.400. The SMILES string of the molecule is CCOC(=O)N1NC=CO1. The van der Waals surface area contributed by atoms with Crippen molar-refractivity contribution in [3.63, 3.8) is 0 Å². The molecule has 5 nitrogen and oxygen atoms in total. The molecule has 0 bridgehead atoms. The minimum Gasteiger partial charge on any atom is -0.446 e. The molecule has 0 fully saturated rings. The second-order valence-electron chi connectivity index (χ2n) is 1.53. The number of hydrogen-bond donors (Lipinski definition) is 1. The molecule has 5 heteroatoms. The first-order chi connectivity index (χ1) is 4.84. The van der Waals surface area contributed by atoms with E-state index in [-0.39, 0.29) is 0 Å². The Morgan fingerprint density at radius 1 is 1.90 bits per heavy atom. The lowest BCUT2D eigenvalue weighted by atomic mass is 10.9. The van der Waals surface area contributed by atoms with Gasteiger partial charge < -0.3 is 9.57 Å². The molecule has 0 aromatic heterocycles. The van der Waals surface area contributed by atoms with Gasteiger partial charge in [-0.2, -0.15) is 0 Å². The smallest absolute Gasteiger partial charge is 0.446 e. The van der Waals surface area contributed by atoms with Crippen LogP contribution in [0.1, 0.15) is 6.92 Å². The van der Waals surface area contributed by atoms with Gasteiger partial charge in [0.1, 0.15) is 6.26 Å². The fourth-order valence-corrected chi connectivity index (χ4v) is 0.498. The number of ether oxygens (including phenoxy) is 1. The molecule has 10 heavy (non-hydrogen) atoms. The summed E-state index contributed by atoms with van der Waals surface area (Å²) >= 11 is 0. The molecule has 0 saturated carbocycles. The maximum Gasteiger partial charge on any atom is 0.463 e. The molecule has 0 aromatic carbocycles. The molecule has 0 spiro atoms. The number of hydrazine groups is 1. The van der Waals surface area contributed by atoms with Gasteiger partial charge >= 0.3 is 6.09 Å². The van der Waals surface area contributed by atoms with Crippen LogP contribution >= 0.6 is 0 Å². The van der Waals surface area contributed by atoms with Crippen molar-refractivity contribution in [2.75, 3.05) is 6.61 Å². The van der Waals surface area contributed by atoms with Crippen LogP contribution in [0.5, 0.6) is 0 Å². The van der Waals surface area contributed by atoms with Crippen LogP contribution in [0.2, 0.25) is 0 Å². The Balaban J connectivity index is 2.28. The predicted molar refractivity (Wildman–Crippen MR) is 32.2 cm³/mol. The molecule has 0 radical (unpaired) electrons. The number of carbonyl (C=O) groups excluding carboxylic acids is 1. The minimum atomic E-state index is -0.549. The summed E-state index contributed by atoms with van der Waals surface area (Å²) in [6.45, 7) is 2.06. The van der Waals surface area contributed by atoms with Crippen molar-refractivity contribution < 1.29 is 14.4 Å². The number of nitrogens with one attached hydrogen (secondary N) is 1. The molecular weight excluding hydrogens is 136 g/mol. The molecule has 0 unspecified atom stereocenters. The Labute approximate surface area is 58.1 Å². The molecule has 1 aliphatic heterocycles. The van der Waals surface area contributed by atoms with Gasteiger partial charge in [0.25, 0.3) is 0 Å². The molecule has 1 rings (SSSR count). The van der Waals surface area contributed by atoms with Crippen molar-refractivity contribution in [1.82, 2.24) is 10.6 Å². The fourth-order valence-electron chi connectivity index (χ4n) is 0.498. The normalized spacial score (nSPS) is 14.3. The lowest BCUT2D eigenvalue weighted by Crippen LogP contribution is -2.35. The van der Waals surface area contributed by atoms with Crippen LogP contribution < -0.4 is 5.43 Å². The molecule has 1 heterocycles. The summed E-state index contributed by atoms with van der Waals surface area (Å²) in [5, 5.41) is 0.892. The average Bonchev–Trinajstić information content (AvgIpc) is 2.38. The second kappa shape index (κ2) is 2.95. The molecular formula is C5H8N2O3. The lowest BCUT2D eigenvalue weighted by Gasteiger charge is -2.12. The summed E-state index contributed by atoms with van der Waals surface area (Å²) < 4.78 is 4.59. The van der Waals surface area contributed by atoms with Crippen LogP contribution in [0.25, 0.3) is 0 Å². The van der Waals surface area contributed by atoms with Crippen molar-refractivity contribution in [1.29, 1.82) is 0 Å². The summed E-state index contributed by atoms with van der Waals surface area (Å²) in [5.74, 6) is 0. The van der Waals surface area contributed by atoms with Gasteiger partial charge in [-0.25, -0.2) is 4.79 Å². The third kappa shape index (κ3) is 1.31. The van der Waals surface area contributed by atoms with Gasteiger partial charge in [0.15, 0.2) is 0 Å². The van der Waals surface area contributed by atoms with Crippen LogP contribution in [0.15, 0.2) is 12.5 Å². The first-order valence-electron chi connectivity index (χ1n) is 2.89. The van der Waals surface area contributed by atoms with E-state index in [2.05, 4.69) is 15.0 Å². The summed E-state index contributed by atoms with van der Waals surface area (Å²) in [5.41, 5.74) is 2.50. The minimum absolute atomic E-state index is 0.334. The standard InChI is InChI=1S/C5H8N2O3/c1-2-9-5(8)7-6-3-4-10-7/h3-4,6H,2H2,1H3. The van der Waals surface area contributed by atoms with Gasteiger partial charge in [-0.3, -0.25) is 5.43 Å². The van der Waals surface area contributed by atoms with Gasteiger partial charge in [0, 0.05) is 0 Å².